The number of hydrogen-bond donors (Lipinski definition) is 1. The fraction of sp³-hybridized carbons (Fsp3) is 0.900. The zero-order valence-corrected chi connectivity index (χ0v) is 8.51. The van der Waals surface area contributed by atoms with E-state index in [1.54, 1.807) is 6.92 Å². The Morgan fingerprint density at radius 3 is 2.92 bits per heavy atom. The summed E-state index contributed by atoms with van der Waals surface area (Å²) in [6.07, 6.45) is 4.43. The van der Waals surface area contributed by atoms with Crippen LogP contribution in [0.4, 0.5) is 0 Å². The molecule has 0 bridgehead atoms. The highest BCUT2D eigenvalue weighted by atomic mass is 16.5. The Bertz CT molecular complexity index is 170. The molecule has 0 aliphatic heterocycles. The predicted molar refractivity (Wildman–Crippen MR) is 51.7 cm³/mol. The summed E-state index contributed by atoms with van der Waals surface area (Å²) in [5, 5.41) is 3.24. The van der Waals surface area contributed by atoms with Crippen molar-refractivity contribution in [2.75, 3.05) is 13.7 Å². The number of ketones is 1. The van der Waals surface area contributed by atoms with E-state index in [1.807, 2.05) is 7.05 Å². The van der Waals surface area contributed by atoms with Crippen molar-refractivity contribution >= 4 is 5.78 Å². The summed E-state index contributed by atoms with van der Waals surface area (Å²) in [5.41, 5.74) is 0. The van der Waals surface area contributed by atoms with Gasteiger partial charge in [-0.2, -0.15) is 0 Å². The molecule has 0 spiro atoms. The van der Waals surface area contributed by atoms with Gasteiger partial charge in [-0.15, -0.1) is 0 Å². The summed E-state index contributed by atoms with van der Waals surface area (Å²) >= 11 is 0. The van der Waals surface area contributed by atoms with Crippen LogP contribution in [-0.2, 0) is 9.53 Å². The van der Waals surface area contributed by atoms with Gasteiger partial charge in [-0.25, -0.2) is 0 Å². The van der Waals surface area contributed by atoms with Crippen LogP contribution in [0.3, 0.4) is 0 Å². The van der Waals surface area contributed by atoms with Gasteiger partial charge in [0.25, 0.3) is 0 Å². The van der Waals surface area contributed by atoms with Crippen molar-refractivity contribution in [3.05, 3.63) is 0 Å². The van der Waals surface area contributed by atoms with Crippen LogP contribution in [0.25, 0.3) is 0 Å². The van der Waals surface area contributed by atoms with Crippen LogP contribution in [0.5, 0.6) is 0 Å². The van der Waals surface area contributed by atoms with Gasteiger partial charge in [0.05, 0.1) is 12.7 Å². The van der Waals surface area contributed by atoms with Gasteiger partial charge in [-0.1, -0.05) is 0 Å². The van der Waals surface area contributed by atoms with E-state index in [0.29, 0.717) is 25.2 Å². The number of hydrogen-bond acceptors (Lipinski definition) is 3. The minimum Gasteiger partial charge on any atom is -0.376 e. The number of ether oxygens (including phenoxy) is 1. The maximum absolute atomic E-state index is 10.7. The van der Waals surface area contributed by atoms with E-state index in [0.717, 1.165) is 6.42 Å². The Morgan fingerprint density at radius 2 is 2.31 bits per heavy atom. The molecule has 2 unspecified atom stereocenters. The van der Waals surface area contributed by atoms with Crippen LogP contribution >= 0.6 is 0 Å². The van der Waals surface area contributed by atoms with Crippen LogP contribution in [-0.4, -0.2) is 31.6 Å². The molecule has 0 aromatic heterocycles. The fourth-order valence-electron chi connectivity index (χ4n) is 1.81. The molecule has 0 aromatic carbocycles. The van der Waals surface area contributed by atoms with Gasteiger partial charge in [0.1, 0.15) is 5.78 Å². The quantitative estimate of drug-likeness (QED) is 0.697. The number of carbonyl (C=O) groups is 1. The largest absolute Gasteiger partial charge is 0.376 e. The van der Waals surface area contributed by atoms with E-state index in [-0.39, 0.29) is 5.78 Å². The molecule has 0 radical (unpaired) electrons. The molecule has 1 rings (SSSR count). The van der Waals surface area contributed by atoms with E-state index < -0.39 is 0 Å². The molecule has 3 heteroatoms. The van der Waals surface area contributed by atoms with Gasteiger partial charge in [-0.05, 0) is 33.2 Å². The van der Waals surface area contributed by atoms with Crippen molar-refractivity contribution in [2.45, 2.75) is 44.8 Å². The number of nitrogens with one attached hydrogen (secondary N) is 1. The summed E-state index contributed by atoms with van der Waals surface area (Å²) in [6.45, 7) is 2.19. The van der Waals surface area contributed by atoms with Crippen molar-refractivity contribution in [3.63, 3.8) is 0 Å². The standard InChI is InChI=1S/C10H19NO2/c1-8(12)6-7-13-10-5-3-4-9(10)11-2/h9-11H,3-7H2,1-2H3. The minimum atomic E-state index is 0.207. The Kier molecular flexibility index (Phi) is 4.39. The summed E-state index contributed by atoms with van der Waals surface area (Å²) in [4.78, 5) is 10.7. The molecule has 1 aliphatic carbocycles. The second-order valence-electron chi connectivity index (χ2n) is 3.69. The lowest BCUT2D eigenvalue weighted by molar-refractivity contribution is -0.118. The van der Waals surface area contributed by atoms with Crippen LogP contribution in [0, 0.1) is 0 Å². The molecule has 3 nitrogen and oxygen atoms in total. The van der Waals surface area contributed by atoms with Crippen LogP contribution in [0.2, 0.25) is 0 Å². The number of Topliss-reactive ketones (excluding diaryl/α,β-unsaturated/α-hetero) is 1. The zero-order chi connectivity index (χ0) is 9.68. The molecule has 13 heavy (non-hydrogen) atoms. The molecule has 0 amide bonds. The molecule has 0 heterocycles. The summed E-state index contributed by atoms with van der Waals surface area (Å²) < 4.78 is 5.63. The first-order valence-corrected chi connectivity index (χ1v) is 5.02. The molecular formula is C10H19NO2. The van der Waals surface area contributed by atoms with Crippen molar-refractivity contribution in [2.24, 2.45) is 0 Å². The lowest BCUT2D eigenvalue weighted by Crippen LogP contribution is -2.35. The smallest absolute Gasteiger partial charge is 0.132 e. The van der Waals surface area contributed by atoms with Crippen molar-refractivity contribution < 1.29 is 9.53 Å². The Morgan fingerprint density at radius 1 is 1.54 bits per heavy atom. The van der Waals surface area contributed by atoms with Crippen molar-refractivity contribution in [3.8, 4) is 0 Å². The number of likely N-dealkylation sites (N-methyl/N-ethyl adjacent to an activating group) is 1. The van der Waals surface area contributed by atoms with Crippen LogP contribution in [0.1, 0.15) is 32.6 Å². The van der Waals surface area contributed by atoms with E-state index >= 15 is 0 Å². The monoisotopic (exact) mass is 185 g/mol. The first-order valence-electron chi connectivity index (χ1n) is 5.02. The Labute approximate surface area is 79.8 Å². The van der Waals surface area contributed by atoms with Gasteiger partial charge >= 0.3 is 0 Å². The fourth-order valence-corrected chi connectivity index (χ4v) is 1.81. The third-order valence-corrected chi connectivity index (χ3v) is 2.61. The maximum atomic E-state index is 10.7. The summed E-state index contributed by atoms with van der Waals surface area (Å²) in [6, 6.07) is 0.493. The topological polar surface area (TPSA) is 38.3 Å². The first kappa shape index (κ1) is 10.7. The average molecular weight is 185 g/mol. The lowest BCUT2D eigenvalue weighted by atomic mass is 10.2. The molecule has 1 fully saturated rings. The highest BCUT2D eigenvalue weighted by Crippen LogP contribution is 2.21. The second kappa shape index (κ2) is 5.35. The average Bonchev–Trinajstić information content (AvgIpc) is 2.51. The Balaban J connectivity index is 2.16. The van der Waals surface area contributed by atoms with Crippen LogP contribution in [0.15, 0.2) is 0 Å². The van der Waals surface area contributed by atoms with E-state index in [2.05, 4.69) is 5.32 Å². The van der Waals surface area contributed by atoms with E-state index in [4.69, 9.17) is 4.74 Å². The molecule has 1 saturated carbocycles. The third-order valence-electron chi connectivity index (χ3n) is 2.61. The predicted octanol–water partition coefficient (Wildman–Crippen LogP) is 1.12. The van der Waals surface area contributed by atoms with Gasteiger partial charge in [0.2, 0.25) is 0 Å². The van der Waals surface area contributed by atoms with Crippen molar-refractivity contribution in [1.29, 1.82) is 0 Å². The molecule has 76 valence electrons. The van der Waals surface area contributed by atoms with E-state index in [1.165, 1.54) is 12.8 Å². The van der Waals surface area contributed by atoms with Crippen molar-refractivity contribution in [1.82, 2.24) is 5.32 Å². The van der Waals surface area contributed by atoms with Crippen LogP contribution < -0.4 is 5.32 Å². The molecule has 1 aliphatic rings. The molecule has 2 atom stereocenters. The first-order chi connectivity index (χ1) is 6.24. The SMILES string of the molecule is CNC1CCCC1OCCC(C)=O. The normalized spacial score (nSPS) is 27.8. The van der Waals surface area contributed by atoms with E-state index in [9.17, 15) is 4.79 Å². The highest BCUT2D eigenvalue weighted by Gasteiger charge is 2.26. The molecular weight excluding hydrogens is 166 g/mol. The highest BCUT2D eigenvalue weighted by molar-refractivity contribution is 5.75. The summed E-state index contributed by atoms with van der Waals surface area (Å²) in [7, 11) is 1.97. The second-order valence-corrected chi connectivity index (χ2v) is 3.69. The maximum Gasteiger partial charge on any atom is 0.132 e. The summed E-state index contributed by atoms with van der Waals surface area (Å²) in [5.74, 6) is 0.207. The zero-order valence-electron chi connectivity index (χ0n) is 8.51. The Hall–Kier alpha value is -0.410. The van der Waals surface area contributed by atoms with Gasteiger partial charge in [0, 0.05) is 12.5 Å². The minimum absolute atomic E-state index is 0.207. The number of carbonyl (C=O) groups excluding carboxylic acids is 1. The number of rotatable bonds is 5. The molecule has 0 saturated heterocycles. The molecule has 0 aromatic rings. The van der Waals surface area contributed by atoms with Gasteiger partial charge in [0.15, 0.2) is 0 Å². The van der Waals surface area contributed by atoms with Gasteiger partial charge < -0.3 is 10.1 Å². The third kappa shape index (κ3) is 3.44. The molecule has 1 N–H and O–H groups in total. The van der Waals surface area contributed by atoms with Gasteiger partial charge in [-0.3, -0.25) is 4.79 Å². The lowest BCUT2D eigenvalue weighted by Gasteiger charge is -2.19.